The van der Waals surface area contributed by atoms with E-state index in [0.29, 0.717) is 0 Å². The van der Waals surface area contributed by atoms with Crippen molar-refractivity contribution in [2.45, 2.75) is 39.5 Å². The maximum atomic E-state index is 2.48. The number of nitrogens with zero attached hydrogens (tertiary/aromatic N) is 1. The van der Waals surface area contributed by atoms with Gasteiger partial charge in [0.25, 0.3) is 0 Å². The van der Waals surface area contributed by atoms with Gasteiger partial charge in [0.2, 0.25) is 0 Å². The zero-order valence-electron chi connectivity index (χ0n) is 10.5. The Morgan fingerprint density at radius 3 is 2.67 bits per heavy atom. The Labute approximate surface area is 94.9 Å². The van der Waals surface area contributed by atoms with Crippen molar-refractivity contribution in [3.8, 4) is 0 Å². The number of hydrogen-bond donors (Lipinski definition) is 0. The van der Waals surface area contributed by atoms with Gasteiger partial charge in [-0.25, -0.2) is 0 Å². The van der Waals surface area contributed by atoms with Gasteiger partial charge < -0.3 is 4.90 Å². The standard InChI is InChI=1S/C14H25N/c1-4-6-13(7-5-2)10-11-15(3)12-14-8-9-14/h4,6-7,14H,5,8-12H2,1-3H3/b6-4-,13-7+. The minimum absolute atomic E-state index is 1.01. The van der Waals surface area contributed by atoms with Gasteiger partial charge in [-0.3, -0.25) is 0 Å². The lowest BCUT2D eigenvalue weighted by Gasteiger charge is -2.16. The molecule has 1 aliphatic carbocycles. The lowest BCUT2D eigenvalue weighted by atomic mass is 10.1. The monoisotopic (exact) mass is 207 g/mol. The van der Waals surface area contributed by atoms with E-state index in [-0.39, 0.29) is 0 Å². The Bertz CT molecular complexity index is 223. The van der Waals surface area contributed by atoms with E-state index in [1.54, 1.807) is 0 Å². The molecule has 0 amide bonds. The van der Waals surface area contributed by atoms with Crippen molar-refractivity contribution < 1.29 is 0 Å². The highest BCUT2D eigenvalue weighted by Gasteiger charge is 2.22. The molecule has 0 saturated heterocycles. The van der Waals surface area contributed by atoms with Crippen LogP contribution in [0.3, 0.4) is 0 Å². The number of hydrogen-bond acceptors (Lipinski definition) is 1. The fraction of sp³-hybridized carbons (Fsp3) is 0.714. The van der Waals surface area contributed by atoms with Crippen LogP contribution in [-0.4, -0.2) is 25.0 Å². The van der Waals surface area contributed by atoms with Crippen LogP contribution in [0.2, 0.25) is 0 Å². The van der Waals surface area contributed by atoms with Gasteiger partial charge in [-0.05, 0) is 45.6 Å². The van der Waals surface area contributed by atoms with Crippen molar-refractivity contribution in [3.63, 3.8) is 0 Å². The van der Waals surface area contributed by atoms with Gasteiger partial charge in [0.05, 0.1) is 0 Å². The molecule has 0 aromatic rings. The molecule has 0 N–H and O–H groups in total. The van der Waals surface area contributed by atoms with E-state index in [9.17, 15) is 0 Å². The first-order chi connectivity index (χ1) is 7.26. The lowest BCUT2D eigenvalue weighted by molar-refractivity contribution is 0.325. The summed E-state index contributed by atoms with van der Waals surface area (Å²) in [7, 11) is 2.25. The molecule has 1 heteroatoms. The Hall–Kier alpha value is -0.560. The third kappa shape index (κ3) is 5.78. The SMILES string of the molecule is C/C=C\C(=C/CC)CCN(C)CC1CC1. The Morgan fingerprint density at radius 2 is 2.13 bits per heavy atom. The predicted molar refractivity (Wildman–Crippen MR) is 68.0 cm³/mol. The second-order valence-corrected chi connectivity index (χ2v) is 4.64. The highest BCUT2D eigenvalue weighted by molar-refractivity contribution is 5.18. The Morgan fingerprint density at radius 1 is 1.40 bits per heavy atom. The predicted octanol–water partition coefficient (Wildman–Crippen LogP) is 3.63. The van der Waals surface area contributed by atoms with Crippen LogP contribution in [0.5, 0.6) is 0 Å². The minimum Gasteiger partial charge on any atom is -0.306 e. The van der Waals surface area contributed by atoms with Crippen LogP contribution in [-0.2, 0) is 0 Å². The van der Waals surface area contributed by atoms with E-state index in [2.05, 4.69) is 44.0 Å². The van der Waals surface area contributed by atoms with Crippen LogP contribution >= 0.6 is 0 Å². The number of allylic oxidation sites excluding steroid dienone is 3. The third-order valence-corrected chi connectivity index (χ3v) is 2.90. The topological polar surface area (TPSA) is 3.24 Å². The first-order valence-electron chi connectivity index (χ1n) is 6.26. The third-order valence-electron chi connectivity index (χ3n) is 2.90. The van der Waals surface area contributed by atoms with Gasteiger partial charge >= 0.3 is 0 Å². The maximum Gasteiger partial charge on any atom is 0.00188 e. The van der Waals surface area contributed by atoms with Gasteiger partial charge in [-0.2, -0.15) is 0 Å². The van der Waals surface area contributed by atoms with Crippen LogP contribution < -0.4 is 0 Å². The summed E-state index contributed by atoms with van der Waals surface area (Å²) in [6.45, 7) is 6.80. The van der Waals surface area contributed by atoms with Crippen LogP contribution in [0.1, 0.15) is 39.5 Å². The summed E-state index contributed by atoms with van der Waals surface area (Å²) in [4.78, 5) is 2.48. The maximum absolute atomic E-state index is 2.48. The van der Waals surface area contributed by atoms with E-state index in [4.69, 9.17) is 0 Å². The zero-order chi connectivity index (χ0) is 11.1. The molecule has 0 heterocycles. The summed E-state index contributed by atoms with van der Waals surface area (Å²) < 4.78 is 0. The summed E-state index contributed by atoms with van der Waals surface area (Å²) in [5.41, 5.74) is 1.49. The zero-order valence-corrected chi connectivity index (χ0v) is 10.5. The average molecular weight is 207 g/mol. The van der Waals surface area contributed by atoms with E-state index in [1.165, 1.54) is 37.9 Å². The highest BCUT2D eigenvalue weighted by Crippen LogP contribution is 2.29. The molecule has 0 aliphatic heterocycles. The lowest BCUT2D eigenvalue weighted by Crippen LogP contribution is -2.22. The molecule has 0 atom stereocenters. The molecule has 0 bridgehead atoms. The quantitative estimate of drug-likeness (QED) is 0.576. The molecule has 1 aliphatic rings. The van der Waals surface area contributed by atoms with Crippen molar-refractivity contribution in [1.29, 1.82) is 0 Å². The van der Waals surface area contributed by atoms with E-state index >= 15 is 0 Å². The van der Waals surface area contributed by atoms with Crippen molar-refractivity contribution in [2.75, 3.05) is 20.1 Å². The van der Waals surface area contributed by atoms with E-state index < -0.39 is 0 Å². The fourth-order valence-electron chi connectivity index (χ4n) is 1.88. The Balaban J connectivity index is 2.22. The van der Waals surface area contributed by atoms with Crippen LogP contribution in [0, 0.1) is 5.92 Å². The Kier molecular flexibility index (Phi) is 5.70. The van der Waals surface area contributed by atoms with Crippen LogP contribution in [0.25, 0.3) is 0 Å². The fourth-order valence-corrected chi connectivity index (χ4v) is 1.88. The first kappa shape index (κ1) is 12.5. The molecule has 1 saturated carbocycles. The van der Waals surface area contributed by atoms with Crippen molar-refractivity contribution >= 4 is 0 Å². The molecule has 1 rings (SSSR count). The summed E-state index contributed by atoms with van der Waals surface area (Å²) in [6.07, 6.45) is 12.0. The molecule has 0 unspecified atom stereocenters. The van der Waals surface area contributed by atoms with E-state index in [0.717, 1.165) is 12.3 Å². The minimum atomic E-state index is 1.01. The van der Waals surface area contributed by atoms with Crippen LogP contribution in [0.4, 0.5) is 0 Å². The summed E-state index contributed by atoms with van der Waals surface area (Å²) >= 11 is 0. The molecular formula is C14H25N. The smallest absolute Gasteiger partial charge is 0.00188 e. The average Bonchev–Trinajstić information content (AvgIpc) is 2.99. The van der Waals surface area contributed by atoms with Gasteiger partial charge in [0.15, 0.2) is 0 Å². The molecule has 0 aromatic carbocycles. The van der Waals surface area contributed by atoms with Gasteiger partial charge in [-0.15, -0.1) is 0 Å². The summed E-state index contributed by atoms with van der Waals surface area (Å²) in [5.74, 6) is 1.01. The molecule has 0 aromatic heterocycles. The second-order valence-electron chi connectivity index (χ2n) is 4.64. The molecule has 1 nitrogen and oxygen atoms in total. The highest BCUT2D eigenvalue weighted by atomic mass is 15.1. The first-order valence-corrected chi connectivity index (χ1v) is 6.26. The van der Waals surface area contributed by atoms with E-state index in [1.807, 2.05) is 0 Å². The van der Waals surface area contributed by atoms with Gasteiger partial charge in [-0.1, -0.05) is 30.7 Å². The summed E-state index contributed by atoms with van der Waals surface area (Å²) in [5, 5.41) is 0. The van der Waals surface area contributed by atoms with Crippen LogP contribution in [0.15, 0.2) is 23.8 Å². The largest absolute Gasteiger partial charge is 0.306 e. The molecule has 1 fully saturated rings. The molecule has 15 heavy (non-hydrogen) atoms. The van der Waals surface area contributed by atoms with Crippen molar-refractivity contribution in [1.82, 2.24) is 4.90 Å². The normalized spacial score (nSPS) is 18.0. The van der Waals surface area contributed by atoms with Crippen molar-refractivity contribution in [3.05, 3.63) is 23.8 Å². The van der Waals surface area contributed by atoms with Gasteiger partial charge in [0, 0.05) is 13.1 Å². The second kappa shape index (κ2) is 6.84. The van der Waals surface area contributed by atoms with Gasteiger partial charge in [0.1, 0.15) is 0 Å². The van der Waals surface area contributed by atoms with Crippen molar-refractivity contribution in [2.24, 2.45) is 5.92 Å². The molecular weight excluding hydrogens is 182 g/mol. The molecule has 0 spiro atoms. The number of rotatable bonds is 7. The summed E-state index contributed by atoms with van der Waals surface area (Å²) in [6, 6.07) is 0. The molecule has 86 valence electrons. The molecule has 0 radical (unpaired) electrons.